The van der Waals surface area contributed by atoms with Gasteiger partial charge in [0.2, 0.25) is 0 Å². The molecule has 0 aliphatic rings. The molecule has 0 aliphatic carbocycles. The molecule has 16 heavy (non-hydrogen) atoms. The monoisotopic (exact) mass is 224 g/mol. The van der Waals surface area contributed by atoms with E-state index in [-0.39, 0.29) is 12.6 Å². The first kappa shape index (κ1) is 12.5. The highest BCUT2D eigenvalue weighted by molar-refractivity contribution is 5.72. The molecule has 0 amide bonds. The number of methoxy groups -OCH3 is 1. The molecule has 0 bridgehead atoms. The number of aliphatic hydroxyl groups is 1. The van der Waals surface area contributed by atoms with Crippen LogP contribution in [0.3, 0.4) is 0 Å². The molecule has 4 heteroatoms. The Balaban J connectivity index is 2.78. The Morgan fingerprint density at radius 3 is 2.75 bits per heavy atom. The van der Waals surface area contributed by atoms with Crippen LogP contribution < -0.4 is 9.47 Å². The van der Waals surface area contributed by atoms with Crippen LogP contribution in [0.15, 0.2) is 18.2 Å². The molecule has 0 aliphatic heterocycles. The molecule has 0 saturated carbocycles. The third-order valence-electron chi connectivity index (χ3n) is 2.11. The summed E-state index contributed by atoms with van der Waals surface area (Å²) in [6.45, 7) is 1.81. The van der Waals surface area contributed by atoms with Gasteiger partial charge in [0.05, 0.1) is 13.7 Å². The highest BCUT2D eigenvalue weighted by atomic mass is 16.5. The Hall–Kier alpha value is -1.55. The molecule has 0 spiro atoms. The maximum absolute atomic E-state index is 11.3. The smallest absolute Gasteiger partial charge is 0.311 e. The third kappa shape index (κ3) is 3.24. The van der Waals surface area contributed by atoms with Gasteiger partial charge in [0.25, 0.3) is 0 Å². The van der Waals surface area contributed by atoms with E-state index in [9.17, 15) is 4.79 Å². The third-order valence-corrected chi connectivity index (χ3v) is 2.11. The molecule has 0 heterocycles. The zero-order chi connectivity index (χ0) is 12.0. The van der Waals surface area contributed by atoms with Crippen LogP contribution in [-0.4, -0.2) is 18.2 Å². The van der Waals surface area contributed by atoms with Crippen molar-refractivity contribution in [1.82, 2.24) is 0 Å². The van der Waals surface area contributed by atoms with Crippen molar-refractivity contribution >= 4 is 5.97 Å². The van der Waals surface area contributed by atoms with Crippen LogP contribution in [0.5, 0.6) is 11.5 Å². The number of esters is 1. The van der Waals surface area contributed by atoms with Gasteiger partial charge in [-0.1, -0.05) is 6.92 Å². The van der Waals surface area contributed by atoms with E-state index in [0.29, 0.717) is 23.5 Å². The van der Waals surface area contributed by atoms with Crippen LogP contribution in [0, 0.1) is 0 Å². The Bertz CT molecular complexity index is 360. The lowest BCUT2D eigenvalue weighted by Gasteiger charge is -2.09. The van der Waals surface area contributed by atoms with Gasteiger partial charge in [0.15, 0.2) is 0 Å². The molecular formula is C12H16O4. The summed E-state index contributed by atoms with van der Waals surface area (Å²) in [5.41, 5.74) is 0.665. The van der Waals surface area contributed by atoms with Gasteiger partial charge in [-0.25, -0.2) is 0 Å². The Morgan fingerprint density at radius 1 is 1.44 bits per heavy atom. The molecule has 0 fully saturated rings. The molecule has 1 rings (SSSR count). The second kappa shape index (κ2) is 6.12. The predicted molar refractivity (Wildman–Crippen MR) is 59.5 cm³/mol. The highest BCUT2D eigenvalue weighted by Crippen LogP contribution is 2.24. The van der Waals surface area contributed by atoms with Crippen molar-refractivity contribution in [3.8, 4) is 11.5 Å². The number of hydrogen-bond donors (Lipinski definition) is 1. The lowest BCUT2D eigenvalue weighted by molar-refractivity contribution is -0.134. The van der Waals surface area contributed by atoms with Gasteiger partial charge in [0.1, 0.15) is 11.5 Å². The number of ether oxygens (including phenoxy) is 2. The van der Waals surface area contributed by atoms with Gasteiger partial charge in [-0.15, -0.1) is 0 Å². The summed E-state index contributed by atoms with van der Waals surface area (Å²) >= 11 is 0. The normalized spacial score (nSPS) is 9.94. The number of hydrogen-bond acceptors (Lipinski definition) is 4. The van der Waals surface area contributed by atoms with E-state index in [1.54, 1.807) is 18.2 Å². The average molecular weight is 224 g/mol. The lowest BCUT2D eigenvalue weighted by atomic mass is 10.2. The fourth-order valence-corrected chi connectivity index (χ4v) is 1.31. The van der Waals surface area contributed by atoms with Crippen LogP contribution in [0.2, 0.25) is 0 Å². The molecule has 1 aromatic rings. The quantitative estimate of drug-likeness (QED) is 0.613. The van der Waals surface area contributed by atoms with Gasteiger partial charge in [-0.05, 0) is 18.6 Å². The molecule has 0 unspecified atom stereocenters. The van der Waals surface area contributed by atoms with Crippen LogP contribution in [0.1, 0.15) is 25.3 Å². The second-order valence-electron chi connectivity index (χ2n) is 3.36. The zero-order valence-electron chi connectivity index (χ0n) is 9.53. The van der Waals surface area contributed by atoms with E-state index in [0.717, 1.165) is 6.42 Å². The molecular weight excluding hydrogens is 208 g/mol. The van der Waals surface area contributed by atoms with Crippen molar-refractivity contribution < 1.29 is 19.4 Å². The summed E-state index contributed by atoms with van der Waals surface area (Å²) < 4.78 is 10.2. The fourth-order valence-electron chi connectivity index (χ4n) is 1.31. The molecule has 0 radical (unpaired) electrons. The average Bonchev–Trinajstić information content (AvgIpc) is 2.29. The molecule has 0 saturated heterocycles. The van der Waals surface area contributed by atoms with E-state index in [1.165, 1.54) is 7.11 Å². The standard InChI is InChI=1S/C12H16O4/c1-3-4-12(14)16-10-6-5-9(8-13)11(7-10)15-2/h5-7,13H,3-4,8H2,1-2H3. The summed E-state index contributed by atoms with van der Waals surface area (Å²) in [5.74, 6) is 0.693. The van der Waals surface area contributed by atoms with Gasteiger partial charge in [-0.3, -0.25) is 4.79 Å². The summed E-state index contributed by atoms with van der Waals surface area (Å²) in [4.78, 5) is 11.3. The van der Waals surface area contributed by atoms with Gasteiger partial charge >= 0.3 is 5.97 Å². The molecule has 4 nitrogen and oxygen atoms in total. The van der Waals surface area contributed by atoms with E-state index in [4.69, 9.17) is 14.6 Å². The summed E-state index contributed by atoms with van der Waals surface area (Å²) in [6.07, 6.45) is 1.15. The van der Waals surface area contributed by atoms with Crippen molar-refractivity contribution in [2.75, 3.05) is 7.11 Å². The van der Waals surface area contributed by atoms with E-state index < -0.39 is 0 Å². The first-order valence-corrected chi connectivity index (χ1v) is 5.19. The zero-order valence-corrected chi connectivity index (χ0v) is 9.53. The minimum absolute atomic E-state index is 0.105. The Labute approximate surface area is 94.8 Å². The number of carbonyl (C=O) groups is 1. The maximum Gasteiger partial charge on any atom is 0.311 e. The first-order chi connectivity index (χ1) is 7.71. The summed E-state index contributed by atoms with van der Waals surface area (Å²) in [5, 5.41) is 9.02. The first-order valence-electron chi connectivity index (χ1n) is 5.19. The van der Waals surface area contributed by atoms with Crippen LogP contribution >= 0.6 is 0 Å². The largest absolute Gasteiger partial charge is 0.496 e. The lowest BCUT2D eigenvalue weighted by Crippen LogP contribution is -2.07. The number of carbonyl (C=O) groups excluding carboxylic acids is 1. The van der Waals surface area contributed by atoms with E-state index >= 15 is 0 Å². The van der Waals surface area contributed by atoms with Crippen LogP contribution in [-0.2, 0) is 11.4 Å². The second-order valence-corrected chi connectivity index (χ2v) is 3.36. The van der Waals surface area contributed by atoms with Crippen molar-refractivity contribution in [3.05, 3.63) is 23.8 Å². The van der Waals surface area contributed by atoms with E-state index in [1.807, 2.05) is 6.92 Å². The topological polar surface area (TPSA) is 55.8 Å². The highest BCUT2D eigenvalue weighted by Gasteiger charge is 2.07. The SMILES string of the molecule is CCCC(=O)Oc1ccc(CO)c(OC)c1. The van der Waals surface area contributed by atoms with Crippen LogP contribution in [0.25, 0.3) is 0 Å². The minimum atomic E-state index is -0.263. The molecule has 0 aromatic heterocycles. The molecule has 88 valence electrons. The van der Waals surface area contributed by atoms with Gasteiger partial charge in [0, 0.05) is 18.1 Å². The summed E-state index contributed by atoms with van der Waals surface area (Å²) in [7, 11) is 1.51. The van der Waals surface area contributed by atoms with Crippen molar-refractivity contribution in [1.29, 1.82) is 0 Å². The number of aliphatic hydroxyl groups excluding tert-OH is 1. The Kier molecular flexibility index (Phi) is 4.79. The van der Waals surface area contributed by atoms with Crippen molar-refractivity contribution in [3.63, 3.8) is 0 Å². The van der Waals surface area contributed by atoms with Crippen molar-refractivity contribution in [2.24, 2.45) is 0 Å². The predicted octanol–water partition coefficient (Wildman–Crippen LogP) is 1.89. The van der Waals surface area contributed by atoms with Gasteiger partial charge < -0.3 is 14.6 Å². The fraction of sp³-hybridized carbons (Fsp3) is 0.417. The van der Waals surface area contributed by atoms with Crippen LogP contribution in [0.4, 0.5) is 0 Å². The summed E-state index contributed by atoms with van der Waals surface area (Å²) in [6, 6.07) is 4.91. The Morgan fingerprint density at radius 2 is 2.19 bits per heavy atom. The molecule has 1 N–H and O–H groups in total. The minimum Gasteiger partial charge on any atom is -0.496 e. The van der Waals surface area contributed by atoms with Gasteiger partial charge in [-0.2, -0.15) is 0 Å². The van der Waals surface area contributed by atoms with E-state index in [2.05, 4.69) is 0 Å². The molecule has 0 atom stereocenters. The van der Waals surface area contributed by atoms with Crippen molar-refractivity contribution in [2.45, 2.75) is 26.4 Å². The maximum atomic E-state index is 11.3. The number of rotatable bonds is 5. The molecule has 1 aromatic carbocycles. The number of benzene rings is 1.